The van der Waals surface area contributed by atoms with E-state index in [1.54, 1.807) is 0 Å². The van der Waals surface area contributed by atoms with Gasteiger partial charge in [0.05, 0.1) is 11.6 Å². The number of aromatic nitrogens is 1. The van der Waals surface area contributed by atoms with Crippen LogP contribution in [-0.4, -0.2) is 12.0 Å². The second-order valence-corrected chi connectivity index (χ2v) is 4.73. The molecule has 0 fully saturated rings. The molecular weight excluding hydrogens is 244 g/mol. The van der Waals surface area contributed by atoms with Crippen molar-refractivity contribution < 1.29 is 0 Å². The highest BCUT2D eigenvalue weighted by molar-refractivity contribution is 6.16. The van der Waals surface area contributed by atoms with Gasteiger partial charge in [-0.2, -0.15) is 0 Å². The van der Waals surface area contributed by atoms with Crippen molar-refractivity contribution in [2.45, 2.75) is 19.3 Å². The van der Waals surface area contributed by atoms with Crippen LogP contribution < -0.4 is 4.90 Å². The van der Waals surface area contributed by atoms with Crippen molar-refractivity contribution in [3.8, 4) is 0 Å². The zero-order chi connectivity index (χ0) is 13.0. The number of nitrogens with zero attached hydrogens (tertiary/aromatic N) is 2. The molecule has 0 aliphatic carbocycles. The quantitative estimate of drug-likeness (QED) is 0.778. The number of alkyl halides is 1. The van der Waals surface area contributed by atoms with E-state index in [0.717, 1.165) is 18.1 Å². The molecule has 0 aliphatic rings. The Kier molecular flexibility index (Phi) is 4.21. The van der Waals surface area contributed by atoms with Gasteiger partial charge in [0, 0.05) is 13.6 Å². The third-order valence-electron chi connectivity index (χ3n) is 2.82. The number of anilines is 1. The molecule has 0 spiro atoms. The number of aryl methyl sites for hydroxylation is 1. The van der Waals surface area contributed by atoms with Crippen molar-refractivity contribution in [1.82, 2.24) is 4.98 Å². The Bertz CT molecular complexity index is 525. The maximum atomic E-state index is 5.80. The zero-order valence-corrected chi connectivity index (χ0v) is 11.5. The summed E-state index contributed by atoms with van der Waals surface area (Å²) in [4.78, 5) is 6.63. The molecule has 0 unspecified atom stereocenters. The molecule has 0 saturated heterocycles. The van der Waals surface area contributed by atoms with Crippen molar-refractivity contribution in [2.24, 2.45) is 0 Å². The lowest BCUT2D eigenvalue weighted by molar-refractivity contribution is 0.890. The average Bonchev–Trinajstić information content (AvgIpc) is 2.39. The van der Waals surface area contributed by atoms with Gasteiger partial charge in [-0.25, -0.2) is 4.98 Å². The highest BCUT2D eigenvalue weighted by Gasteiger charge is 2.04. The Hall–Kier alpha value is -1.54. The van der Waals surface area contributed by atoms with Crippen molar-refractivity contribution in [3.63, 3.8) is 0 Å². The van der Waals surface area contributed by atoms with Crippen molar-refractivity contribution in [3.05, 3.63) is 59.3 Å². The summed E-state index contributed by atoms with van der Waals surface area (Å²) < 4.78 is 0. The maximum absolute atomic E-state index is 5.80. The first kappa shape index (κ1) is 12.9. The van der Waals surface area contributed by atoms with E-state index in [4.69, 9.17) is 11.6 Å². The molecule has 0 N–H and O–H groups in total. The van der Waals surface area contributed by atoms with Crippen molar-refractivity contribution in [1.29, 1.82) is 0 Å². The van der Waals surface area contributed by atoms with E-state index in [9.17, 15) is 0 Å². The van der Waals surface area contributed by atoms with Gasteiger partial charge in [0.25, 0.3) is 0 Å². The summed E-state index contributed by atoms with van der Waals surface area (Å²) in [7, 11) is 2.04. The Balaban J connectivity index is 2.13. The molecule has 0 saturated carbocycles. The maximum Gasteiger partial charge on any atom is 0.128 e. The number of pyridine rings is 1. The van der Waals surface area contributed by atoms with Gasteiger partial charge in [0.15, 0.2) is 0 Å². The molecule has 2 nitrogen and oxygen atoms in total. The zero-order valence-electron chi connectivity index (χ0n) is 10.7. The largest absolute Gasteiger partial charge is 0.355 e. The summed E-state index contributed by atoms with van der Waals surface area (Å²) in [6.45, 7) is 2.95. The molecule has 18 heavy (non-hydrogen) atoms. The monoisotopic (exact) mass is 260 g/mol. The van der Waals surface area contributed by atoms with Crippen LogP contribution in [0, 0.1) is 6.92 Å². The number of rotatable bonds is 4. The van der Waals surface area contributed by atoms with E-state index in [1.165, 1.54) is 11.1 Å². The molecule has 0 amide bonds. The second kappa shape index (κ2) is 5.87. The van der Waals surface area contributed by atoms with Gasteiger partial charge in [-0.15, -0.1) is 11.6 Å². The van der Waals surface area contributed by atoms with Crippen LogP contribution in [0.4, 0.5) is 5.82 Å². The van der Waals surface area contributed by atoms with Gasteiger partial charge < -0.3 is 4.90 Å². The SMILES string of the molecule is Cc1cccc(CN(C)c2cccc(CCl)n2)c1. The predicted octanol–water partition coefficient (Wildman–Crippen LogP) is 3.77. The van der Waals surface area contributed by atoms with Gasteiger partial charge >= 0.3 is 0 Å². The molecule has 0 radical (unpaired) electrons. The van der Waals surface area contributed by atoms with E-state index >= 15 is 0 Å². The number of benzene rings is 1. The predicted molar refractivity (Wildman–Crippen MR) is 77.1 cm³/mol. The van der Waals surface area contributed by atoms with Crippen molar-refractivity contribution in [2.75, 3.05) is 11.9 Å². The lowest BCUT2D eigenvalue weighted by Gasteiger charge is -2.19. The van der Waals surface area contributed by atoms with Crippen LogP contribution in [0.2, 0.25) is 0 Å². The van der Waals surface area contributed by atoms with Crippen LogP contribution in [0.15, 0.2) is 42.5 Å². The Morgan fingerprint density at radius 1 is 1.17 bits per heavy atom. The molecule has 2 rings (SSSR count). The van der Waals surface area contributed by atoms with Crippen LogP contribution in [0.3, 0.4) is 0 Å². The van der Waals surface area contributed by atoms with Crippen LogP contribution in [-0.2, 0) is 12.4 Å². The first-order valence-electron chi connectivity index (χ1n) is 5.97. The average molecular weight is 261 g/mol. The number of hydrogen-bond acceptors (Lipinski definition) is 2. The fourth-order valence-corrected chi connectivity index (χ4v) is 2.07. The van der Waals surface area contributed by atoms with Crippen LogP contribution in [0.1, 0.15) is 16.8 Å². The van der Waals surface area contributed by atoms with Crippen LogP contribution >= 0.6 is 11.6 Å². The normalized spacial score (nSPS) is 10.4. The summed E-state index contributed by atoms with van der Waals surface area (Å²) in [5.74, 6) is 1.40. The highest BCUT2D eigenvalue weighted by Crippen LogP contribution is 2.14. The molecule has 1 heterocycles. The number of halogens is 1. The van der Waals surface area contributed by atoms with E-state index in [0.29, 0.717) is 5.88 Å². The van der Waals surface area contributed by atoms with Gasteiger partial charge in [-0.3, -0.25) is 0 Å². The number of hydrogen-bond donors (Lipinski definition) is 0. The smallest absolute Gasteiger partial charge is 0.128 e. The van der Waals surface area contributed by atoms with E-state index in [1.807, 2.05) is 25.2 Å². The third-order valence-corrected chi connectivity index (χ3v) is 3.10. The molecule has 0 aliphatic heterocycles. The molecule has 3 heteroatoms. The van der Waals surface area contributed by atoms with Gasteiger partial charge in [-0.1, -0.05) is 35.9 Å². The van der Waals surface area contributed by atoms with E-state index in [-0.39, 0.29) is 0 Å². The summed E-state index contributed by atoms with van der Waals surface area (Å²) in [6.07, 6.45) is 0. The topological polar surface area (TPSA) is 16.1 Å². The Morgan fingerprint density at radius 3 is 2.67 bits per heavy atom. The molecule has 1 aromatic carbocycles. The van der Waals surface area contributed by atoms with E-state index in [2.05, 4.69) is 41.1 Å². The van der Waals surface area contributed by atoms with Crippen LogP contribution in [0.5, 0.6) is 0 Å². The minimum absolute atomic E-state index is 0.451. The third kappa shape index (κ3) is 3.23. The lowest BCUT2D eigenvalue weighted by Crippen LogP contribution is -2.18. The van der Waals surface area contributed by atoms with Gasteiger partial charge in [0.2, 0.25) is 0 Å². The summed E-state index contributed by atoms with van der Waals surface area (Å²) in [5, 5.41) is 0. The molecule has 0 atom stereocenters. The molecular formula is C15H17ClN2. The fourth-order valence-electron chi connectivity index (χ4n) is 1.92. The van der Waals surface area contributed by atoms with Gasteiger partial charge in [-0.05, 0) is 24.6 Å². The Morgan fingerprint density at radius 2 is 1.94 bits per heavy atom. The lowest BCUT2D eigenvalue weighted by atomic mass is 10.1. The van der Waals surface area contributed by atoms with Gasteiger partial charge in [0.1, 0.15) is 5.82 Å². The standard InChI is InChI=1S/C15H17ClN2/c1-12-5-3-6-13(9-12)11-18(2)15-8-4-7-14(10-16)17-15/h3-9H,10-11H2,1-2H3. The highest BCUT2D eigenvalue weighted by atomic mass is 35.5. The first-order valence-corrected chi connectivity index (χ1v) is 6.51. The summed E-state index contributed by atoms with van der Waals surface area (Å²) in [6, 6.07) is 14.5. The summed E-state index contributed by atoms with van der Waals surface area (Å²) in [5.41, 5.74) is 3.48. The Labute approximate surface area is 113 Å². The molecule has 1 aromatic heterocycles. The minimum Gasteiger partial charge on any atom is -0.355 e. The van der Waals surface area contributed by atoms with Crippen molar-refractivity contribution >= 4 is 17.4 Å². The minimum atomic E-state index is 0.451. The fraction of sp³-hybridized carbons (Fsp3) is 0.267. The molecule has 2 aromatic rings. The molecule has 0 bridgehead atoms. The van der Waals surface area contributed by atoms with Crippen LogP contribution in [0.25, 0.3) is 0 Å². The summed E-state index contributed by atoms with van der Waals surface area (Å²) >= 11 is 5.80. The van der Waals surface area contributed by atoms with E-state index < -0.39 is 0 Å². The molecule has 94 valence electrons. The second-order valence-electron chi connectivity index (χ2n) is 4.47. The first-order chi connectivity index (χ1) is 8.69.